The molecule has 3 nitrogen and oxygen atoms in total. The van der Waals surface area contributed by atoms with E-state index in [2.05, 4.69) is 15.2 Å². The van der Waals surface area contributed by atoms with Crippen molar-refractivity contribution in [2.45, 2.75) is 13.8 Å². The average molecular weight is 100 g/mol. The Morgan fingerprint density at radius 1 is 1.14 bits per heavy atom. The first kappa shape index (κ1) is 6.14. The molecule has 0 aliphatic heterocycles. The highest BCUT2D eigenvalue weighted by molar-refractivity contribution is 5.53. The summed E-state index contributed by atoms with van der Waals surface area (Å²) in [5, 5.41) is 6.68. The van der Waals surface area contributed by atoms with Gasteiger partial charge in [-0.2, -0.15) is 0 Å². The Kier molecular flexibility index (Phi) is 4.51. The first-order chi connectivity index (χ1) is 3.41. The SMILES string of the molecule is C/C=N\O/N=C/C. The molecule has 0 unspecified atom stereocenters. The van der Waals surface area contributed by atoms with Crippen LogP contribution in [0.15, 0.2) is 10.3 Å². The Labute approximate surface area is 42.6 Å². The summed E-state index contributed by atoms with van der Waals surface area (Å²) in [4.78, 5) is 4.27. The second-order valence-corrected chi connectivity index (χ2v) is 0.809. The minimum absolute atomic E-state index is 1.52. The molecule has 0 aromatic rings. The van der Waals surface area contributed by atoms with E-state index in [0.29, 0.717) is 0 Å². The minimum Gasteiger partial charge on any atom is -0.245 e. The Bertz CT molecular complexity index is 67.8. The van der Waals surface area contributed by atoms with Gasteiger partial charge in [0, 0.05) is 12.4 Å². The Balaban J connectivity index is 2.98. The zero-order valence-electron chi connectivity index (χ0n) is 4.46. The Hall–Kier alpha value is -0.860. The molecule has 0 aliphatic carbocycles. The van der Waals surface area contributed by atoms with Gasteiger partial charge in [-0.1, -0.05) is 10.3 Å². The number of hydrogen-bond acceptors (Lipinski definition) is 3. The topological polar surface area (TPSA) is 34.0 Å². The quantitative estimate of drug-likeness (QED) is 0.376. The van der Waals surface area contributed by atoms with Crippen LogP contribution in [0.25, 0.3) is 0 Å². The number of hydrogen-bond donors (Lipinski definition) is 0. The van der Waals surface area contributed by atoms with Crippen LogP contribution in [0.2, 0.25) is 0 Å². The third-order valence-corrected chi connectivity index (χ3v) is 0.305. The van der Waals surface area contributed by atoms with Crippen LogP contribution in [-0.2, 0) is 4.94 Å². The molecule has 0 bridgehead atoms. The first-order valence-electron chi connectivity index (χ1n) is 2.04. The lowest BCUT2D eigenvalue weighted by Crippen LogP contribution is -1.67. The van der Waals surface area contributed by atoms with Crippen molar-refractivity contribution in [3.8, 4) is 0 Å². The number of oxime groups is 2. The summed E-state index contributed by atoms with van der Waals surface area (Å²) >= 11 is 0. The van der Waals surface area contributed by atoms with E-state index in [4.69, 9.17) is 0 Å². The summed E-state index contributed by atoms with van der Waals surface area (Å²) in [6.07, 6.45) is 3.04. The minimum atomic E-state index is 1.52. The largest absolute Gasteiger partial charge is 0.245 e. The fourth-order valence-corrected chi connectivity index (χ4v) is 0.121. The van der Waals surface area contributed by atoms with Gasteiger partial charge in [0.05, 0.1) is 0 Å². The highest BCUT2D eigenvalue weighted by Gasteiger charge is 1.58. The molecule has 0 fully saturated rings. The van der Waals surface area contributed by atoms with Crippen molar-refractivity contribution in [3.05, 3.63) is 0 Å². The van der Waals surface area contributed by atoms with E-state index in [1.807, 2.05) is 0 Å². The van der Waals surface area contributed by atoms with Crippen LogP contribution in [0.5, 0.6) is 0 Å². The highest BCUT2D eigenvalue weighted by Crippen LogP contribution is 1.70. The van der Waals surface area contributed by atoms with Crippen LogP contribution < -0.4 is 0 Å². The Morgan fingerprint density at radius 3 is 1.86 bits per heavy atom. The average Bonchev–Trinajstić information content (AvgIpc) is 1.69. The van der Waals surface area contributed by atoms with Gasteiger partial charge in [0.15, 0.2) is 0 Å². The summed E-state index contributed by atoms with van der Waals surface area (Å²) in [6.45, 7) is 3.51. The van der Waals surface area contributed by atoms with Crippen molar-refractivity contribution in [1.82, 2.24) is 0 Å². The molecule has 0 amide bonds. The molecule has 0 radical (unpaired) electrons. The molecule has 0 saturated carbocycles. The van der Waals surface area contributed by atoms with E-state index < -0.39 is 0 Å². The third-order valence-electron chi connectivity index (χ3n) is 0.305. The molecule has 0 atom stereocenters. The van der Waals surface area contributed by atoms with Crippen molar-refractivity contribution in [2.75, 3.05) is 0 Å². The summed E-state index contributed by atoms with van der Waals surface area (Å²) < 4.78 is 0. The normalized spacial score (nSPS) is 11.1. The van der Waals surface area contributed by atoms with Gasteiger partial charge in [-0.3, -0.25) is 0 Å². The summed E-state index contributed by atoms with van der Waals surface area (Å²) in [5.41, 5.74) is 0. The molecule has 0 heterocycles. The maximum Gasteiger partial charge on any atom is 0.0439 e. The van der Waals surface area contributed by atoms with Gasteiger partial charge in [-0.25, -0.2) is 4.94 Å². The summed E-state index contributed by atoms with van der Waals surface area (Å²) in [7, 11) is 0. The molecule has 0 aromatic heterocycles. The van der Waals surface area contributed by atoms with Gasteiger partial charge in [0.1, 0.15) is 0 Å². The fourth-order valence-electron chi connectivity index (χ4n) is 0.121. The van der Waals surface area contributed by atoms with Crippen LogP contribution >= 0.6 is 0 Å². The number of nitrogens with zero attached hydrogens (tertiary/aromatic N) is 2. The molecule has 0 saturated heterocycles. The van der Waals surface area contributed by atoms with E-state index in [1.54, 1.807) is 13.8 Å². The maximum atomic E-state index is 4.27. The van der Waals surface area contributed by atoms with Crippen molar-refractivity contribution in [2.24, 2.45) is 10.3 Å². The molecule has 0 aromatic carbocycles. The molecule has 0 N–H and O–H groups in total. The second-order valence-electron chi connectivity index (χ2n) is 0.809. The lowest BCUT2D eigenvalue weighted by atomic mass is 10.9. The van der Waals surface area contributed by atoms with Crippen LogP contribution in [0, 0.1) is 0 Å². The van der Waals surface area contributed by atoms with E-state index in [1.165, 1.54) is 12.4 Å². The van der Waals surface area contributed by atoms with Gasteiger partial charge in [-0.05, 0) is 13.8 Å². The van der Waals surface area contributed by atoms with Crippen LogP contribution in [-0.4, -0.2) is 12.4 Å². The fraction of sp³-hybridized carbons (Fsp3) is 0.500. The lowest BCUT2D eigenvalue weighted by Gasteiger charge is -1.77. The third kappa shape index (κ3) is 5.14. The van der Waals surface area contributed by atoms with E-state index in [0.717, 1.165) is 0 Å². The van der Waals surface area contributed by atoms with Gasteiger partial charge < -0.3 is 0 Å². The lowest BCUT2D eigenvalue weighted by molar-refractivity contribution is 0.158. The van der Waals surface area contributed by atoms with Gasteiger partial charge >= 0.3 is 0 Å². The predicted molar refractivity (Wildman–Crippen MR) is 29.4 cm³/mol. The zero-order chi connectivity index (χ0) is 5.54. The molecule has 0 rings (SSSR count). The summed E-state index contributed by atoms with van der Waals surface area (Å²) in [6, 6.07) is 0. The smallest absolute Gasteiger partial charge is 0.0439 e. The van der Waals surface area contributed by atoms with Crippen LogP contribution in [0.1, 0.15) is 13.8 Å². The molecule has 0 aliphatic rings. The molecule has 3 heteroatoms. The van der Waals surface area contributed by atoms with Gasteiger partial charge in [0.2, 0.25) is 0 Å². The van der Waals surface area contributed by atoms with E-state index in [9.17, 15) is 0 Å². The molecule has 40 valence electrons. The monoisotopic (exact) mass is 100 g/mol. The molecule has 7 heavy (non-hydrogen) atoms. The summed E-state index contributed by atoms with van der Waals surface area (Å²) in [5.74, 6) is 0. The van der Waals surface area contributed by atoms with Crippen molar-refractivity contribution < 1.29 is 4.94 Å². The molecule has 0 spiro atoms. The van der Waals surface area contributed by atoms with Gasteiger partial charge in [0.25, 0.3) is 0 Å². The first-order valence-corrected chi connectivity index (χ1v) is 2.04. The van der Waals surface area contributed by atoms with Gasteiger partial charge in [-0.15, -0.1) is 0 Å². The zero-order valence-corrected chi connectivity index (χ0v) is 4.46. The maximum absolute atomic E-state index is 4.27. The van der Waals surface area contributed by atoms with E-state index in [-0.39, 0.29) is 0 Å². The second kappa shape index (κ2) is 5.14. The number of rotatable bonds is 2. The predicted octanol–water partition coefficient (Wildman–Crippen LogP) is 1.01. The Morgan fingerprint density at radius 2 is 1.57 bits per heavy atom. The van der Waals surface area contributed by atoms with Crippen molar-refractivity contribution >= 4 is 12.4 Å². The van der Waals surface area contributed by atoms with Crippen molar-refractivity contribution in [3.63, 3.8) is 0 Å². The van der Waals surface area contributed by atoms with Crippen molar-refractivity contribution in [1.29, 1.82) is 0 Å². The standard InChI is InChI=1S/C4H8N2O/c1-3-5-7-6-4-2/h3-4H,1-2H3/b5-3-,6-4+. The molecular weight excluding hydrogens is 92.1 g/mol. The van der Waals surface area contributed by atoms with Crippen LogP contribution in [0.4, 0.5) is 0 Å². The highest BCUT2D eigenvalue weighted by atomic mass is 16.8. The molecular formula is C4H8N2O. The van der Waals surface area contributed by atoms with Crippen LogP contribution in [0.3, 0.4) is 0 Å². The van der Waals surface area contributed by atoms with E-state index >= 15 is 0 Å².